The molecule has 2 aromatic rings. The van der Waals surface area contributed by atoms with Gasteiger partial charge in [0, 0.05) is 24.7 Å². The van der Waals surface area contributed by atoms with Gasteiger partial charge in [-0.05, 0) is 56.7 Å². The number of nitrogens with zero attached hydrogens (tertiary/aromatic N) is 2. The lowest BCUT2D eigenvalue weighted by Gasteiger charge is -2.31. The van der Waals surface area contributed by atoms with Gasteiger partial charge in [0.25, 0.3) is 5.91 Å². The second kappa shape index (κ2) is 11.7. The first-order chi connectivity index (χ1) is 16.7. The molecule has 1 unspecified atom stereocenters. The summed E-state index contributed by atoms with van der Waals surface area (Å²) in [6.07, 6.45) is 3.17. The molecule has 0 bridgehead atoms. The topological polar surface area (TPSA) is 146 Å². The molecule has 198 valence electrons. The van der Waals surface area contributed by atoms with Crippen molar-refractivity contribution in [1.29, 1.82) is 0 Å². The summed E-state index contributed by atoms with van der Waals surface area (Å²) in [5, 5.41) is 2.91. The van der Waals surface area contributed by atoms with Gasteiger partial charge in [0.05, 0.1) is 12.6 Å². The summed E-state index contributed by atoms with van der Waals surface area (Å²) in [6, 6.07) is 3.08. The van der Waals surface area contributed by atoms with Crippen LogP contribution in [0.3, 0.4) is 0 Å². The number of oxazole rings is 1. The number of primary amides is 1. The SMILES string of the molecule is CC(N)c1oc(-c2ccc(OC(F)F)c(OCC3CC3)c2)nc1C(=O)NC1CCN(C(N)=O)CC1.Cl. The molecule has 0 spiro atoms. The van der Waals surface area contributed by atoms with E-state index in [0.717, 1.165) is 12.8 Å². The zero-order valence-corrected chi connectivity index (χ0v) is 20.6. The molecule has 1 saturated heterocycles. The van der Waals surface area contributed by atoms with Crippen molar-refractivity contribution in [3.8, 4) is 23.0 Å². The Kier molecular flexibility index (Phi) is 8.96. The number of urea groups is 1. The summed E-state index contributed by atoms with van der Waals surface area (Å²) in [4.78, 5) is 30.2. The number of carbonyl (C=O) groups excluding carboxylic acids is 2. The summed E-state index contributed by atoms with van der Waals surface area (Å²) in [7, 11) is 0. The highest BCUT2D eigenvalue weighted by Gasteiger charge is 2.28. The van der Waals surface area contributed by atoms with Crippen molar-refractivity contribution in [3.05, 3.63) is 29.7 Å². The Morgan fingerprint density at radius 1 is 1.22 bits per heavy atom. The molecule has 3 amide bonds. The fourth-order valence-electron chi connectivity index (χ4n) is 3.86. The van der Waals surface area contributed by atoms with Crippen LogP contribution in [-0.2, 0) is 0 Å². The van der Waals surface area contributed by atoms with Gasteiger partial charge in [0.15, 0.2) is 23.0 Å². The second-order valence-electron chi connectivity index (χ2n) is 8.89. The Morgan fingerprint density at radius 3 is 2.50 bits per heavy atom. The quantitative estimate of drug-likeness (QED) is 0.451. The lowest BCUT2D eigenvalue weighted by Crippen LogP contribution is -2.48. The number of hydrogen-bond donors (Lipinski definition) is 3. The average molecular weight is 530 g/mol. The maximum absolute atomic E-state index is 13.0. The monoisotopic (exact) mass is 529 g/mol. The number of piperidine rings is 1. The Labute approximate surface area is 213 Å². The van der Waals surface area contributed by atoms with E-state index in [1.54, 1.807) is 6.92 Å². The molecule has 1 aliphatic carbocycles. The molecule has 1 atom stereocenters. The lowest BCUT2D eigenvalue weighted by atomic mass is 10.0. The summed E-state index contributed by atoms with van der Waals surface area (Å²) in [5.74, 6) is 0.291. The van der Waals surface area contributed by atoms with E-state index in [0.29, 0.717) is 44.0 Å². The highest BCUT2D eigenvalue weighted by Crippen LogP contribution is 2.37. The molecular formula is C23H30ClF2N5O5. The van der Waals surface area contributed by atoms with Crippen LogP contribution in [0, 0.1) is 5.92 Å². The lowest BCUT2D eigenvalue weighted by molar-refractivity contribution is -0.0515. The highest BCUT2D eigenvalue weighted by molar-refractivity contribution is 5.94. The molecule has 1 aliphatic heterocycles. The van der Waals surface area contributed by atoms with E-state index in [-0.39, 0.29) is 47.3 Å². The minimum Gasteiger partial charge on any atom is -0.489 e. The Balaban J connectivity index is 0.00000361. The van der Waals surface area contributed by atoms with Gasteiger partial charge in [-0.15, -0.1) is 12.4 Å². The van der Waals surface area contributed by atoms with Gasteiger partial charge >= 0.3 is 12.6 Å². The average Bonchev–Trinajstić information content (AvgIpc) is 3.53. The molecule has 1 aromatic carbocycles. The van der Waals surface area contributed by atoms with Gasteiger partial charge < -0.3 is 35.6 Å². The number of alkyl halides is 2. The molecule has 5 N–H and O–H groups in total. The zero-order valence-electron chi connectivity index (χ0n) is 19.7. The van der Waals surface area contributed by atoms with Crippen LogP contribution in [-0.4, -0.2) is 54.2 Å². The molecule has 1 saturated carbocycles. The van der Waals surface area contributed by atoms with Gasteiger partial charge in [-0.2, -0.15) is 8.78 Å². The van der Waals surface area contributed by atoms with Crippen molar-refractivity contribution in [2.45, 2.75) is 51.3 Å². The minimum atomic E-state index is -3.00. The van der Waals surface area contributed by atoms with Crippen molar-refractivity contribution in [2.75, 3.05) is 19.7 Å². The van der Waals surface area contributed by atoms with E-state index in [1.165, 1.54) is 23.1 Å². The number of benzene rings is 1. The maximum atomic E-state index is 13.0. The third-order valence-electron chi connectivity index (χ3n) is 6.00. The maximum Gasteiger partial charge on any atom is 0.387 e. The van der Waals surface area contributed by atoms with Crippen molar-refractivity contribution >= 4 is 24.3 Å². The number of rotatable bonds is 9. The van der Waals surface area contributed by atoms with Crippen LogP contribution in [0.15, 0.2) is 22.6 Å². The van der Waals surface area contributed by atoms with Gasteiger partial charge in [0.2, 0.25) is 5.89 Å². The van der Waals surface area contributed by atoms with Gasteiger partial charge in [-0.25, -0.2) is 9.78 Å². The van der Waals surface area contributed by atoms with Crippen molar-refractivity contribution in [2.24, 2.45) is 17.4 Å². The van der Waals surface area contributed by atoms with Crippen LogP contribution in [0.5, 0.6) is 11.5 Å². The fraction of sp³-hybridized carbons (Fsp3) is 0.522. The normalized spacial score (nSPS) is 16.9. The van der Waals surface area contributed by atoms with E-state index in [2.05, 4.69) is 15.0 Å². The number of nitrogens with one attached hydrogen (secondary N) is 1. The van der Waals surface area contributed by atoms with E-state index in [9.17, 15) is 18.4 Å². The van der Waals surface area contributed by atoms with Crippen molar-refractivity contribution in [3.63, 3.8) is 0 Å². The molecule has 13 heteroatoms. The third-order valence-corrected chi connectivity index (χ3v) is 6.00. The number of amides is 3. The largest absolute Gasteiger partial charge is 0.489 e. The highest BCUT2D eigenvalue weighted by atomic mass is 35.5. The number of carbonyl (C=O) groups is 2. The molecule has 2 aliphatic rings. The number of halogens is 3. The first-order valence-electron chi connectivity index (χ1n) is 11.5. The smallest absolute Gasteiger partial charge is 0.387 e. The molecule has 2 heterocycles. The van der Waals surface area contributed by atoms with Crippen LogP contribution < -0.4 is 26.3 Å². The first kappa shape index (κ1) is 27.5. The minimum absolute atomic E-state index is 0. The number of aromatic nitrogens is 1. The summed E-state index contributed by atoms with van der Waals surface area (Å²) < 4.78 is 41.8. The molecule has 10 nitrogen and oxygen atoms in total. The zero-order chi connectivity index (χ0) is 25.1. The Hall–Kier alpha value is -3.12. The molecule has 4 rings (SSSR count). The van der Waals surface area contributed by atoms with Crippen LogP contribution in [0.4, 0.5) is 13.6 Å². The number of hydrogen-bond acceptors (Lipinski definition) is 7. The van der Waals surface area contributed by atoms with Crippen LogP contribution in [0.2, 0.25) is 0 Å². The van der Waals surface area contributed by atoms with E-state index < -0.39 is 24.6 Å². The molecule has 1 aromatic heterocycles. The van der Waals surface area contributed by atoms with E-state index in [4.69, 9.17) is 20.6 Å². The first-order valence-corrected chi connectivity index (χ1v) is 11.5. The predicted octanol–water partition coefficient (Wildman–Crippen LogP) is 3.45. The summed E-state index contributed by atoms with van der Waals surface area (Å²) in [5.41, 5.74) is 11.8. The second-order valence-corrected chi connectivity index (χ2v) is 8.89. The van der Waals surface area contributed by atoms with Crippen LogP contribution in [0.1, 0.15) is 54.9 Å². The predicted molar refractivity (Wildman–Crippen MR) is 128 cm³/mol. The standard InChI is InChI=1S/C23H29F2N5O5.ClH/c1-12(26)19-18(20(31)28-15-6-8-30(9-7-15)23(27)32)29-21(35-19)14-4-5-16(34-22(24)25)17(10-14)33-11-13-2-3-13;/h4-5,10,12-13,15,22H,2-3,6-9,11,26H2,1H3,(H2,27,32)(H,28,31);1H. The van der Waals surface area contributed by atoms with E-state index in [1.807, 2.05) is 0 Å². The molecule has 36 heavy (non-hydrogen) atoms. The van der Waals surface area contributed by atoms with Gasteiger partial charge in [-0.1, -0.05) is 0 Å². The number of nitrogens with two attached hydrogens (primary N) is 2. The molecule has 0 radical (unpaired) electrons. The van der Waals surface area contributed by atoms with Gasteiger partial charge in [0.1, 0.15) is 0 Å². The van der Waals surface area contributed by atoms with Crippen molar-refractivity contribution < 1.29 is 32.3 Å². The molecular weight excluding hydrogens is 500 g/mol. The van der Waals surface area contributed by atoms with E-state index >= 15 is 0 Å². The van der Waals surface area contributed by atoms with Crippen LogP contribution >= 0.6 is 12.4 Å². The number of ether oxygens (including phenoxy) is 2. The summed E-state index contributed by atoms with van der Waals surface area (Å²) >= 11 is 0. The van der Waals surface area contributed by atoms with Crippen molar-refractivity contribution in [1.82, 2.24) is 15.2 Å². The third kappa shape index (κ3) is 6.76. The Bertz CT molecular complexity index is 1070. The number of likely N-dealkylation sites (tertiary alicyclic amines) is 1. The molecule has 2 fully saturated rings. The summed E-state index contributed by atoms with van der Waals surface area (Å²) in [6.45, 7) is -0.0545. The Morgan fingerprint density at radius 2 is 1.92 bits per heavy atom. The van der Waals surface area contributed by atoms with Crippen LogP contribution in [0.25, 0.3) is 11.5 Å². The van der Waals surface area contributed by atoms with Gasteiger partial charge in [-0.3, -0.25) is 4.79 Å². The fourth-order valence-corrected chi connectivity index (χ4v) is 3.86.